The molecule has 8 heteroatoms. The Hall–Kier alpha value is -1.77. The van der Waals surface area contributed by atoms with Crippen molar-refractivity contribution in [1.82, 2.24) is 19.8 Å². The van der Waals surface area contributed by atoms with Gasteiger partial charge in [-0.05, 0) is 37.3 Å². The molecule has 8 nitrogen and oxygen atoms in total. The molecular formula is C18H25N5O3. The van der Waals surface area contributed by atoms with E-state index >= 15 is 0 Å². The van der Waals surface area contributed by atoms with Gasteiger partial charge in [0.05, 0.1) is 19.2 Å². The molecule has 3 aliphatic rings. The Balaban J connectivity index is 1.17. The molecule has 3 saturated heterocycles. The molecule has 0 bridgehead atoms. The van der Waals surface area contributed by atoms with Gasteiger partial charge in [-0.2, -0.15) is 4.52 Å². The summed E-state index contributed by atoms with van der Waals surface area (Å²) in [6.45, 7) is 5.13. The molecule has 2 aromatic heterocycles. The van der Waals surface area contributed by atoms with Gasteiger partial charge in [0, 0.05) is 32.8 Å². The summed E-state index contributed by atoms with van der Waals surface area (Å²) in [5.74, 6) is 1.59. The summed E-state index contributed by atoms with van der Waals surface area (Å²) in [4.78, 5) is 2.25. The topological polar surface area (TPSA) is 74.0 Å². The first-order valence-corrected chi connectivity index (χ1v) is 9.55. The summed E-state index contributed by atoms with van der Waals surface area (Å²) in [6.07, 6.45) is 6.16. The van der Waals surface area contributed by atoms with Crippen LogP contribution in [0.15, 0.2) is 18.5 Å². The Labute approximate surface area is 152 Å². The second kappa shape index (κ2) is 6.75. The zero-order valence-electron chi connectivity index (χ0n) is 14.9. The largest absolute Gasteiger partial charge is 0.381 e. The molecule has 26 heavy (non-hydrogen) atoms. The van der Waals surface area contributed by atoms with Gasteiger partial charge in [0.25, 0.3) is 0 Å². The normalized spacial score (nSPS) is 26.3. The fourth-order valence-electron chi connectivity index (χ4n) is 4.23. The molecule has 0 aromatic carbocycles. The predicted octanol–water partition coefficient (Wildman–Crippen LogP) is 1.31. The maximum Gasteiger partial charge on any atom is 0.177 e. The third-order valence-electron chi connectivity index (χ3n) is 5.79. The van der Waals surface area contributed by atoms with Crippen LogP contribution < -0.4 is 4.90 Å². The van der Waals surface area contributed by atoms with Crippen LogP contribution >= 0.6 is 0 Å². The monoisotopic (exact) mass is 359 g/mol. The Kier molecular flexibility index (Phi) is 4.26. The SMILES string of the molecule is c1cc2nncn2nc1N1CC2(CC(OCC3CCOCC3)CCO2)C1. The minimum Gasteiger partial charge on any atom is -0.381 e. The lowest BCUT2D eigenvalue weighted by Crippen LogP contribution is -2.66. The van der Waals surface area contributed by atoms with Gasteiger partial charge in [0.15, 0.2) is 5.65 Å². The van der Waals surface area contributed by atoms with E-state index in [-0.39, 0.29) is 5.60 Å². The molecule has 5 heterocycles. The number of rotatable bonds is 4. The van der Waals surface area contributed by atoms with E-state index in [2.05, 4.69) is 20.2 Å². The van der Waals surface area contributed by atoms with Gasteiger partial charge >= 0.3 is 0 Å². The van der Waals surface area contributed by atoms with Gasteiger partial charge in [-0.3, -0.25) is 0 Å². The van der Waals surface area contributed by atoms with Crippen LogP contribution in [0.1, 0.15) is 25.7 Å². The van der Waals surface area contributed by atoms with Crippen molar-refractivity contribution in [3.05, 3.63) is 18.5 Å². The first-order chi connectivity index (χ1) is 12.8. The molecule has 5 rings (SSSR count). The van der Waals surface area contributed by atoms with Gasteiger partial charge in [-0.25, -0.2) is 0 Å². The molecule has 1 atom stereocenters. The fourth-order valence-corrected chi connectivity index (χ4v) is 4.23. The molecule has 1 spiro atoms. The molecule has 3 fully saturated rings. The van der Waals surface area contributed by atoms with Crippen molar-refractivity contribution >= 4 is 11.5 Å². The highest BCUT2D eigenvalue weighted by molar-refractivity contribution is 5.48. The molecule has 0 radical (unpaired) electrons. The summed E-state index contributed by atoms with van der Waals surface area (Å²) in [5.41, 5.74) is 0.682. The van der Waals surface area contributed by atoms with E-state index in [0.29, 0.717) is 12.0 Å². The molecule has 2 aromatic rings. The zero-order chi connectivity index (χ0) is 17.4. The number of fused-ring (bicyclic) bond motifs is 1. The first kappa shape index (κ1) is 16.4. The number of aromatic nitrogens is 4. The van der Waals surface area contributed by atoms with E-state index in [9.17, 15) is 0 Å². The Bertz CT molecular complexity index is 754. The second-order valence-electron chi connectivity index (χ2n) is 7.72. The smallest absolute Gasteiger partial charge is 0.177 e. The Morgan fingerprint density at radius 1 is 1.15 bits per heavy atom. The fraction of sp³-hybridized carbons (Fsp3) is 0.722. The highest BCUT2D eigenvalue weighted by Crippen LogP contribution is 2.37. The first-order valence-electron chi connectivity index (χ1n) is 9.55. The Morgan fingerprint density at radius 2 is 2.04 bits per heavy atom. The molecule has 0 saturated carbocycles. The molecule has 0 aliphatic carbocycles. The predicted molar refractivity (Wildman–Crippen MR) is 94.2 cm³/mol. The van der Waals surface area contributed by atoms with Gasteiger partial charge in [-0.15, -0.1) is 15.3 Å². The summed E-state index contributed by atoms with van der Waals surface area (Å²) >= 11 is 0. The van der Waals surface area contributed by atoms with Crippen LogP contribution in [-0.2, 0) is 14.2 Å². The van der Waals surface area contributed by atoms with Crippen molar-refractivity contribution in [1.29, 1.82) is 0 Å². The lowest BCUT2D eigenvalue weighted by atomic mass is 9.84. The maximum atomic E-state index is 6.25. The van der Waals surface area contributed by atoms with Crippen molar-refractivity contribution in [2.24, 2.45) is 5.92 Å². The standard InChI is InChI=1S/C18H25N5O3/c1-2-17(21-23-13-19-20-16(1)23)22-11-18(12-22)9-15(5-8-26-18)25-10-14-3-6-24-7-4-14/h1-2,13-15H,3-12H2. The minimum absolute atomic E-state index is 0.0809. The molecule has 0 amide bonds. The molecular weight excluding hydrogens is 334 g/mol. The molecule has 140 valence electrons. The van der Waals surface area contributed by atoms with Gasteiger partial charge in [-0.1, -0.05) is 0 Å². The maximum absolute atomic E-state index is 6.25. The van der Waals surface area contributed by atoms with Crippen LogP contribution in [0.4, 0.5) is 5.82 Å². The van der Waals surface area contributed by atoms with E-state index in [1.54, 1.807) is 10.8 Å². The summed E-state index contributed by atoms with van der Waals surface area (Å²) in [5, 5.41) is 12.4. The van der Waals surface area contributed by atoms with Crippen LogP contribution in [0.3, 0.4) is 0 Å². The van der Waals surface area contributed by atoms with E-state index in [1.165, 1.54) is 0 Å². The van der Waals surface area contributed by atoms with Crippen molar-refractivity contribution < 1.29 is 14.2 Å². The number of hydrogen-bond donors (Lipinski definition) is 0. The van der Waals surface area contributed by atoms with E-state index in [1.807, 2.05) is 12.1 Å². The third kappa shape index (κ3) is 3.17. The van der Waals surface area contributed by atoms with Gasteiger partial charge in [0.1, 0.15) is 17.7 Å². The van der Waals surface area contributed by atoms with Crippen molar-refractivity contribution in [2.45, 2.75) is 37.4 Å². The highest BCUT2D eigenvalue weighted by atomic mass is 16.5. The van der Waals surface area contributed by atoms with Crippen LogP contribution in [0.25, 0.3) is 5.65 Å². The van der Waals surface area contributed by atoms with Crippen molar-refractivity contribution in [3.63, 3.8) is 0 Å². The van der Waals surface area contributed by atoms with Gasteiger partial charge < -0.3 is 19.1 Å². The molecule has 3 aliphatic heterocycles. The molecule has 0 N–H and O–H groups in total. The zero-order valence-corrected chi connectivity index (χ0v) is 14.9. The second-order valence-corrected chi connectivity index (χ2v) is 7.72. The van der Waals surface area contributed by atoms with Crippen molar-refractivity contribution in [3.8, 4) is 0 Å². The summed E-state index contributed by atoms with van der Waals surface area (Å²) in [7, 11) is 0. The summed E-state index contributed by atoms with van der Waals surface area (Å²) in [6, 6.07) is 3.95. The lowest BCUT2D eigenvalue weighted by Gasteiger charge is -2.53. The number of anilines is 1. The van der Waals surface area contributed by atoms with Crippen molar-refractivity contribution in [2.75, 3.05) is 44.4 Å². The number of nitrogens with zero attached hydrogens (tertiary/aromatic N) is 5. The number of hydrogen-bond acceptors (Lipinski definition) is 7. The van der Waals surface area contributed by atoms with E-state index in [0.717, 1.165) is 76.7 Å². The Morgan fingerprint density at radius 3 is 2.92 bits per heavy atom. The van der Waals surface area contributed by atoms with Crippen LogP contribution in [0, 0.1) is 5.92 Å². The third-order valence-corrected chi connectivity index (χ3v) is 5.79. The number of ether oxygens (including phenoxy) is 3. The lowest BCUT2D eigenvalue weighted by molar-refractivity contribution is -0.150. The van der Waals surface area contributed by atoms with Gasteiger partial charge in [0.2, 0.25) is 0 Å². The average molecular weight is 359 g/mol. The van der Waals surface area contributed by atoms with E-state index < -0.39 is 0 Å². The minimum atomic E-state index is -0.0809. The highest BCUT2D eigenvalue weighted by Gasteiger charge is 2.48. The van der Waals surface area contributed by atoms with Crippen LogP contribution in [0.2, 0.25) is 0 Å². The quantitative estimate of drug-likeness (QED) is 0.815. The van der Waals surface area contributed by atoms with Crippen LogP contribution in [-0.4, -0.2) is 71.0 Å². The van der Waals surface area contributed by atoms with Crippen LogP contribution in [0.5, 0.6) is 0 Å². The summed E-state index contributed by atoms with van der Waals surface area (Å²) < 4.78 is 19.5. The molecule has 1 unspecified atom stereocenters. The van der Waals surface area contributed by atoms with E-state index in [4.69, 9.17) is 14.2 Å². The average Bonchev–Trinajstić information content (AvgIpc) is 3.13.